The molecule has 3 heterocycles. The molecule has 2 aromatic rings. The minimum atomic E-state index is 0.382. The van der Waals surface area contributed by atoms with Crippen molar-refractivity contribution in [1.29, 1.82) is 0 Å². The van der Waals surface area contributed by atoms with Gasteiger partial charge >= 0.3 is 0 Å². The quantitative estimate of drug-likeness (QED) is 0.864. The monoisotopic (exact) mass is 355 g/mol. The van der Waals surface area contributed by atoms with Crippen LogP contribution in [0.5, 0.6) is 0 Å². The number of aryl methyl sites for hydroxylation is 1. The highest BCUT2D eigenvalue weighted by molar-refractivity contribution is 6.33. The van der Waals surface area contributed by atoms with Crippen LogP contribution in [-0.2, 0) is 0 Å². The zero-order valence-corrected chi connectivity index (χ0v) is 15.2. The first kappa shape index (κ1) is 15.6. The summed E-state index contributed by atoms with van der Waals surface area (Å²) >= 11 is 6.48. The van der Waals surface area contributed by atoms with Crippen molar-refractivity contribution in [3.63, 3.8) is 0 Å². The van der Waals surface area contributed by atoms with Gasteiger partial charge in [-0.3, -0.25) is 4.98 Å². The van der Waals surface area contributed by atoms with Crippen LogP contribution in [0.3, 0.4) is 0 Å². The van der Waals surface area contributed by atoms with Crippen LogP contribution < -0.4 is 5.32 Å². The number of aromatic nitrogens is 2. The number of halogens is 1. The minimum absolute atomic E-state index is 0.382. The van der Waals surface area contributed by atoms with E-state index >= 15 is 0 Å². The first-order valence-corrected chi connectivity index (χ1v) is 9.57. The fourth-order valence-electron chi connectivity index (χ4n) is 4.37. The molecule has 0 amide bonds. The van der Waals surface area contributed by atoms with E-state index in [1.807, 2.05) is 13.1 Å². The van der Waals surface area contributed by atoms with Gasteiger partial charge in [0.1, 0.15) is 11.5 Å². The van der Waals surface area contributed by atoms with Gasteiger partial charge in [-0.15, -0.1) is 0 Å². The van der Waals surface area contributed by atoms with Gasteiger partial charge in [-0.05, 0) is 68.7 Å². The number of nitrogens with one attached hydrogen (secondary N) is 1. The molecule has 0 bridgehead atoms. The van der Waals surface area contributed by atoms with Gasteiger partial charge in [0.05, 0.1) is 5.02 Å². The lowest BCUT2D eigenvalue weighted by molar-refractivity contribution is 0.257. The highest BCUT2D eigenvalue weighted by Gasteiger charge is 2.42. The fraction of sp³-hybridized carbons (Fsp3) is 0.500. The van der Waals surface area contributed by atoms with Crippen molar-refractivity contribution in [1.82, 2.24) is 15.5 Å². The molecule has 1 spiro atoms. The summed E-state index contributed by atoms with van der Waals surface area (Å²) in [7, 11) is 0. The van der Waals surface area contributed by atoms with Crippen molar-refractivity contribution in [3.8, 4) is 11.3 Å². The predicted molar refractivity (Wildman–Crippen MR) is 98.6 cm³/mol. The first-order chi connectivity index (χ1) is 12.2. The maximum Gasteiger partial charge on any atom is 0.147 e. The minimum Gasteiger partial charge on any atom is -0.360 e. The van der Waals surface area contributed by atoms with Crippen molar-refractivity contribution in [2.75, 3.05) is 13.1 Å². The van der Waals surface area contributed by atoms with Crippen LogP contribution in [0.15, 0.2) is 23.0 Å². The van der Waals surface area contributed by atoms with Crippen LogP contribution >= 0.6 is 11.6 Å². The second-order valence-electron chi connectivity index (χ2n) is 7.82. The molecule has 2 fully saturated rings. The molecule has 130 valence electrons. The highest BCUT2D eigenvalue weighted by Crippen LogP contribution is 2.55. The van der Waals surface area contributed by atoms with Gasteiger partial charge in [-0.1, -0.05) is 22.8 Å². The third-order valence-corrected chi connectivity index (χ3v) is 6.22. The van der Waals surface area contributed by atoms with Gasteiger partial charge in [-0.25, -0.2) is 0 Å². The number of piperidine rings is 1. The molecule has 2 aliphatic carbocycles. The topological polar surface area (TPSA) is 51.0 Å². The Morgan fingerprint density at radius 2 is 1.96 bits per heavy atom. The summed E-state index contributed by atoms with van der Waals surface area (Å²) in [5.74, 6) is 1.60. The maximum absolute atomic E-state index is 6.48. The van der Waals surface area contributed by atoms with E-state index in [1.165, 1.54) is 36.8 Å². The molecule has 1 saturated carbocycles. The van der Waals surface area contributed by atoms with Crippen LogP contribution in [0, 0.1) is 12.3 Å². The maximum atomic E-state index is 6.48. The summed E-state index contributed by atoms with van der Waals surface area (Å²) < 4.78 is 5.83. The molecule has 3 aliphatic rings. The second kappa shape index (κ2) is 5.68. The van der Waals surface area contributed by atoms with E-state index in [9.17, 15) is 0 Å². The van der Waals surface area contributed by atoms with E-state index in [2.05, 4.69) is 21.5 Å². The van der Waals surface area contributed by atoms with Crippen LogP contribution in [0.2, 0.25) is 5.02 Å². The van der Waals surface area contributed by atoms with Crippen molar-refractivity contribution in [2.24, 2.45) is 5.41 Å². The molecular formula is C20H22ClN3O. The summed E-state index contributed by atoms with van der Waals surface area (Å²) in [5.41, 5.74) is 5.90. The Balaban J connectivity index is 1.62. The molecule has 5 heteroatoms. The summed E-state index contributed by atoms with van der Waals surface area (Å²) in [6.45, 7) is 4.27. The zero-order valence-electron chi connectivity index (χ0n) is 14.4. The molecule has 0 unspecified atom stereocenters. The Labute approximate surface area is 152 Å². The van der Waals surface area contributed by atoms with Crippen LogP contribution in [0.1, 0.15) is 54.9 Å². The third-order valence-electron chi connectivity index (χ3n) is 5.94. The Morgan fingerprint density at radius 1 is 1.20 bits per heavy atom. The lowest BCUT2D eigenvalue weighted by Crippen LogP contribution is -2.39. The number of hydrogen-bond acceptors (Lipinski definition) is 4. The molecule has 25 heavy (non-hydrogen) atoms. The molecule has 1 aliphatic heterocycles. The van der Waals surface area contributed by atoms with Gasteiger partial charge in [-0.2, -0.15) is 0 Å². The Hall–Kier alpha value is -1.65. The van der Waals surface area contributed by atoms with E-state index in [0.29, 0.717) is 16.4 Å². The number of pyridine rings is 1. The molecule has 0 radical (unpaired) electrons. The normalized spacial score (nSPS) is 21.9. The second-order valence-corrected chi connectivity index (χ2v) is 8.22. The van der Waals surface area contributed by atoms with E-state index < -0.39 is 0 Å². The van der Waals surface area contributed by atoms with Gasteiger partial charge in [0.25, 0.3) is 0 Å². The molecular weight excluding hydrogens is 334 g/mol. The lowest BCUT2D eigenvalue weighted by atomic mass is 9.63. The average Bonchev–Trinajstić information content (AvgIpc) is 3.34. The lowest BCUT2D eigenvalue weighted by Gasteiger charge is -2.43. The van der Waals surface area contributed by atoms with Crippen molar-refractivity contribution in [3.05, 3.63) is 40.4 Å². The zero-order chi connectivity index (χ0) is 17.0. The summed E-state index contributed by atoms with van der Waals surface area (Å²) in [6, 6.07) is 0. The summed E-state index contributed by atoms with van der Waals surface area (Å²) in [6.07, 6.45) is 12.0. The van der Waals surface area contributed by atoms with Crippen molar-refractivity contribution in [2.45, 2.75) is 44.9 Å². The van der Waals surface area contributed by atoms with Gasteiger partial charge < -0.3 is 9.84 Å². The van der Waals surface area contributed by atoms with Crippen LogP contribution in [0.25, 0.3) is 16.8 Å². The largest absolute Gasteiger partial charge is 0.360 e. The van der Waals surface area contributed by atoms with Gasteiger partial charge in [0.2, 0.25) is 0 Å². The standard InChI is InChI=1S/C20H22ClN3O/c1-12-10-23-11-15(21)16(12)18-17(19(25-24-18)13-2-3-13)14-8-20(9-14)4-6-22-7-5-20/h8,10-11,13,22H,2-7,9H2,1H3. The number of allylic oxidation sites excluding steroid dienone is 2. The van der Waals surface area contributed by atoms with E-state index in [0.717, 1.165) is 42.1 Å². The number of nitrogens with zero attached hydrogens (tertiary/aromatic N) is 2. The SMILES string of the molecule is Cc1cncc(Cl)c1-c1noc(C2CC2)c1C1=CC2(CCNCC2)C1. The molecule has 4 nitrogen and oxygen atoms in total. The van der Waals surface area contributed by atoms with E-state index in [4.69, 9.17) is 16.1 Å². The third kappa shape index (κ3) is 2.54. The molecule has 0 aromatic carbocycles. The van der Waals surface area contributed by atoms with E-state index in [-0.39, 0.29) is 0 Å². The van der Waals surface area contributed by atoms with Crippen molar-refractivity contribution >= 4 is 17.2 Å². The summed E-state index contributed by atoms with van der Waals surface area (Å²) in [5, 5.41) is 8.58. The Morgan fingerprint density at radius 3 is 2.64 bits per heavy atom. The molecule has 5 rings (SSSR count). The summed E-state index contributed by atoms with van der Waals surface area (Å²) in [4.78, 5) is 4.19. The van der Waals surface area contributed by atoms with Gasteiger partial charge in [0, 0.05) is 29.4 Å². The van der Waals surface area contributed by atoms with Crippen molar-refractivity contribution < 1.29 is 4.52 Å². The molecule has 0 atom stereocenters. The first-order valence-electron chi connectivity index (χ1n) is 9.20. The molecule has 2 aromatic heterocycles. The van der Waals surface area contributed by atoms with E-state index in [1.54, 1.807) is 6.20 Å². The Kier molecular flexibility index (Phi) is 3.54. The Bertz CT molecular complexity index is 840. The van der Waals surface area contributed by atoms with Gasteiger partial charge in [0.15, 0.2) is 0 Å². The van der Waals surface area contributed by atoms with Crippen LogP contribution in [0.4, 0.5) is 0 Å². The number of hydrogen-bond donors (Lipinski definition) is 1. The highest BCUT2D eigenvalue weighted by atomic mass is 35.5. The van der Waals surface area contributed by atoms with Crippen LogP contribution in [-0.4, -0.2) is 23.2 Å². The average molecular weight is 356 g/mol. The number of rotatable bonds is 3. The smallest absolute Gasteiger partial charge is 0.147 e. The predicted octanol–water partition coefficient (Wildman–Crippen LogP) is 4.73. The molecule has 1 saturated heterocycles. The fourth-order valence-corrected chi connectivity index (χ4v) is 4.66. The molecule has 1 N–H and O–H groups in total.